The minimum atomic E-state index is 0. The Kier molecular flexibility index (Phi) is 7.36. The quantitative estimate of drug-likeness (QED) is 0.832. The molecule has 2 aromatic heterocycles. The number of anilines is 2. The molecule has 2 N–H and O–H groups in total. The second kappa shape index (κ2) is 9.50. The van der Waals surface area contributed by atoms with E-state index in [2.05, 4.69) is 32.1 Å². The van der Waals surface area contributed by atoms with Gasteiger partial charge in [-0.2, -0.15) is 0 Å². The molecule has 3 rings (SSSR count). The van der Waals surface area contributed by atoms with Crippen LogP contribution in [-0.2, 0) is 0 Å². The number of aliphatic hydroxyl groups excluding tert-OH is 1. The Bertz CT molecular complexity index is 657. The minimum absolute atomic E-state index is 0. The highest BCUT2D eigenvalue weighted by Gasteiger charge is 2.19. The van der Waals surface area contributed by atoms with Gasteiger partial charge in [-0.1, -0.05) is 0 Å². The van der Waals surface area contributed by atoms with E-state index in [0.717, 1.165) is 55.5 Å². The largest absolute Gasteiger partial charge is 0.395 e. The number of hydrogen-bond acceptors (Lipinski definition) is 7. The highest BCUT2D eigenvalue weighted by Crippen LogP contribution is 2.26. The molecule has 1 fully saturated rings. The number of likely N-dealkylation sites (N-methyl/N-ethyl adjacent to an activating group) is 1. The van der Waals surface area contributed by atoms with Crippen LogP contribution in [0.25, 0.3) is 11.3 Å². The van der Waals surface area contributed by atoms with Crippen molar-refractivity contribution in [2.75, 3.05) is 56.6 Å². The molecule has 0 atom stereocenters. The Morgan fingerprint density at radius 2 is 1.96 bits per heavy atom. The van der Waals surface area contributed by atoms with Crippen LogP contribution in [-0.4, -0.2) is 71.3 Å². The standard InChI is InChI=1S/C17H24N6O.ClH/c1-22-8-2-9-23(11-10-22)17-16(19-7-12-24)20-13-15(21-17)14-3-5-18-6-4-14;/h3-6,13,24H,2,7-12H2,1H3,(H,19,20);1H. The lowest BCUT2D eigenvalue weighted by Crippen LogP contribution is -2.30. The van der Waals surface area contributed by atoms with Crippen LogP contribution in [0.5, 0.6) is 0 Å². The zero-order chi connectivity index (χ0) is 16.8. The Morgan fingerprint density at radius 3 is 2.72 bits per heavy atom. The van der Waals surface area contributed by atoms with Crippen molar-refractivity contribution >= 4 is 24.0 Å². The molecule has 136 valence electrons. The van der Waals surface area contributed by atoms with Gasteiger partial charge in [0.25, 0.3) is 0 Å². The van der Waals surface area contributed by atoms with E-state index in [1.807, 2.05) is 12.1 Å². The lowest BCUT2D eigenvalue weighted by Gasteiger charge is -2.24. The predicted molar refractivity (Wildman–Crippen MR) is 102 cm³/mol. The number of pyridine rings is 1. The molecule has 1 aliphatic rings. The third-order valence-electron chi connectivity index (χ3n) is 4.15. The Hall–Kier alpha value is -1.96. The first-order valence-corrected chi connectivity index (χ1v) is 8.33. The number of aliphatic hydroxyl groups is 1. The van der Waals surface area contributed by atoms with E-state index in [-0.39, 0.29) is 19.0 Å². The summed E-state index contributed by atoms with van der Waals surface area (Å²) in [4.78, 5) is 18.1. The fourth-order valence-corrected chi connectivity index (χ4v) is 2.82. The molecule has 1 saturated heterocycles. The van der Waals surface area contributed by atoms with E-state index in [9.17, 15) is 0 Å². The van der Waals surface area contributed by atoms with Crippen LogP contribution >= 0.6 is 12.4 Å². The van der Waals surface area contributed by atoms with Crippen molar-refractivity contribution < 1.29 is 5.11 Å². The highest BCUT2D eigenvalue weighted by molar-refractivity contribution is 5.85. The van der Waals surface area contributed by atoms with E-state index < -0.39 is 0 Å². The molecule has 1 aliphatic heterocycles. The number of nitrogens with zero attached hydrogens (tertiary/aromatic N) is 5. The van der Waals surface area contributed by atoms with Crippen molar-refractivity contribution in [3.63, 3.8) is 0 Å². The highest BCUT2D eigenvalue weighted by atomic mass is 35.5. The summed E-state index contributed by atoms with van der Waals surface area (Å²) in [5.74, 6) is 1.58. The Morgan fingerprint density at radius 1 is 1.16 bits per heavy atom. The zero-order valence-corrected chi connectivity index (χ0v) is 15.2. The molecule has 0 amide bonds. The lowest BCUT2D eigenvalue weighted by atomic mass is 10.2. The van der Waals surface area contributed by atoms with Gasteiger partial charge in [-0.05, 0) is 32.1 Å². The van der Waals surface area contributed by atoms with Crippen molar-refractivity contribution in [2.24, 2.45) is 0 Å². The van der Waals surface area contributed by atoms with Crippen LogP contribution < -0.4 is 10.2 Å². The van der Waals surface area contributed by atoms with Crippen LogP contribution in [0.15, 0.2) is 30.7 Å². The molecular weight excluding hydrogens is 340 g/mol. The van der Waals surface area contributed by atoms with Crippen LogP contribution in [0.3, 0.4) is 0 Å². The smallest absolute Gasteiger partial charge is 0.172 e. The normalized spacial score (nSPS) is 15.4. The van der Waals surface area contributed by atoms with Gasteiger partial charge in [0.1, 0.15) is 0 Å². The average Bonchev–Trinajstić information content (AvgIpc) is 2.85. The fourth-order valence-electron chi connectivity index (χ4n) is 2.82. The van der Waals surface area contributed by atoms with E-state index >= 15 is 0 Å². The monoisotopic (exact) mass is 364 g/mol. The van der Waals surface area contributed by atoms with Gasteiger partial charge >= 0.3 is 0 Å². The molecular formula is C17H25ClN6O. The van der Waals surface area contributed by atoms with Crippen molar-refractivity contribution in [2.45, 2.75) is 6.42 Å². The summed E-state index contributed by atoms with van der Waals surface area (Å²) in [7, 11) is 2.15. The molecule has 0 bridgehead atoms. The first kappa shape index (κ1) is 19.4. The maximum atomic E-state index is 9.10. The van der Waals surface area contributed by atoms with Gasteiger partial charge in [-0.15, -0.1) is 12.4 Å². The third kappa shape index (κ3) is 5.01. The van der Waals surface area contributed by atoms with E-state index in [0.29, 0.717) is 6.54 Å². The number of hydrogen-bond donors (Lipinski definition) is 2. The maximum absolute atomic E-state index is 9.10. The Labute approximate surface area is 154 Å². The number of nitrogens with one attached hydrogen (secondary N) is 1. The van der Waals surface area contributed by atoms with Gasteiger partial charge in [0, 0.05) is 44.1 Å². The Balaban J connectivity index is 0.00000225. The van der Waals surface area contributed by atoms with Crippen LogP contribution in [0.4, 0.5) is 11.6 Å². The third-order valence-corrected chi connectivity index (χ3v) is 4.15. The van der Waals surface area contributed by atoms with Gasteiger partial charge in [-0.25, -0.2) is 9.97 Å². The second-order valence-corrected chi connectivity index (χ2v) is 5.96. The number of aromatic nitrogens is 3. The summed E-state index contributed by atoms with van der Waals surface area (Å²) in [5, 5.41) is 12.3. The van der Waals surface area contributed by atoms with Crippen molar-refractivity contribution in [1.82, 2.24) is 19.9 Å². The summed E-state index contributed by atoms with van der Waals surface area (Å²) < 4.78 is 0. The minimum Gasteiger partial charge on any atom is -0.395 e. The zero-order valence-electron chi connectivity index (χ0n) is 14.4. The SMILES string of the molecule is CN1CCCN(c2nc(-c3ccncc3)cnc2NCCO)CC1.Cl. The van der Waals surface area contributed by atoms with Crippen molar-refractivity contribution in [3.05, 3.63) is 30.7 Å². The molecule has 2 aromatic rings. The van der Waals surface area contributed by atoms with E-state index in [4.69, 9.17) is 10.1 Å². The van der Waals surface area contributed by atoms with Crippen LogP contribution in [0.1, 0.15) is 6.42 Å². The van der Waals surface area contributed by atoms with Gasteiger partial charge in [0.05, 0.1) is 18.5 Å². The first-order chi connectivity index (χ1) is 11.8. The topological polar surface area (TPSA) is 77.4 Å². The first-order valence-electron chi connectivity index (χ1n) is 8.33. The van der Waals surface area contributed by atoms with Gasteiger partial charge in [0.15, 0.2) is 11.6 Å². The molecule has 0 saturated carbocycles. The summed E-state index contributed by atoms with van der Waals surface area (Å²) in [6, 6.07) is 3.87. The summed E-state index contributed by atoms with van der Waals surface area (Å²) >= 11 is 0. The predicted octanol–water partition coefficient (Wildman–Crippen LogP) is 1.51. The lowest BCUT2D eigenvalue weighted by molar-refractivity contribution is 0.311. The molecule has 0 spiro atoms. The molecule has 0 aliphatic carbocycles. The van der Waals surface area contributed by atoms with Crippen molar-refractivity contribution in [3.8, 4) is 11.3 Å². The van der Waals surface area contributed by atoms with E-state index in [1.165, 1.54) is 0 Å². The van der Waals surface area contributed by atoms with Gasteiger partial charge < -0.3 is 20.2 Å². The number of halogens is 1. The number of rotatable bonds is 5. The molecule has 0 unspecified atom stereocenters. The fraction of sp³-hybridized carbons (Fsp3) is 0.471. The average molecular weight is 365 g/mol. The summed E-state index contributed by atoms with van der Waals surface area (Å²) in [5.41, 5.74) is 1.83. The molecule has 0 aromatic carbocycles. The van der Waals surface area contributed by atoms with Crippen LogP contribution in [0, 0.1) is 0 Å². The van der Waals surface area contributed by atoms with Crippen molar-refractivity contribution in [1.29, 1.82) is 0 Å². The van der Waals surface area contributed by atoms with Gasteiger partial charge in [0.2, 0.25) is 0 Å². The summed E-state index contributed by atoms with van der Waals surface area (Å²) in [6.07, 6.45) is 6.38. The van der Waals surface area contributed by atoms with E-state index in [1.54, 1.807) is 18.6 Å². The second-order valence-electron chi connectivity index (χ2n) is 5.96. The molecule has 0 radical (unpaired) electrons. The maximum Gasteiger partial charge on any atom is 0.172 e. The molecule has 7 nitrogen and oxygen atoms in total. The molecule has 8 heteroatoms. The molecule has 25 heavy (non-hydrogen) atoms. The van der Waals surface area contributed by atoms with Crippen LogP contribution in [0.2, 0.25) is 0 Å². The summed E-state index contributed by atoms with van der Waals surface area (Å²) in [6.45, 7) is 4.49. The molecule has 3 heterocycles. The van der Waals surface area contributed by atoms with Gasteiger partial charge in [-0.3, -0.25) is 4.98 Å².